The second kappa shape index (κ2) is 6.03. The molecule has 0 radical (unpaired) electrons. The van der Waals surface area contributed by atoms with Crippen LogP contribution in [0.5, 0.6) is 0 Å². The first kappa shape index (κ1) is 14.5. The summed E-state index contributed by atoms with van der Waals surface area (Å²) in [5, 5.41) is 9.96. The van der Waals surface area contributed by atoms with Crippen LogP contribution in [0, 0.1) is 0 Å². The number of rotatable bonds is 4. The van der Waals surface area contributed by atoms with Crippen LogP contribution in [0.3, 0.4) is 0 Å². The van der Waals surface area contributed by atoms with Gasteiger partial charge in [-0.2, -0.15) is 4.31 Å². The fraction of sp³-hybridized carbons (Fsp3) is 0.571. The van der Waals surface area contributed by atoms with E-state index in [0.29, 0.717) is 6.42 Å². The van der Waals surface area contributed by atoms with E-state index in [0.717, 1.165) is 24.8 Å². The van der Waals surface area contributed by atoms with Gasteiger partial charge in [-0.05, 0) is 18.4 Å². The van der Waals surface area contributed by atoms with Crippen LogP contribution in [-0.2, 0) is 15.8 Å². The fourth-order valence-corrected chi connectivity index (χ4v) is 4.08. The Morgan fingerprint density at radius 1 is 1.21 bits per heavy atom. The lowest BCUT2D eigenvalue weighted by atomic mass is 9.93. The van der Waals surface area contributed by atoms with E-state index in [9.17, 15) is 13.5 Å². The van der Waals surface area contributed by atoms with Crippen molar-refractivity contribution >= 4 is 10.0 Å². The zero-order chi connectivity index (χ0) is 13.9. The van der Waals surface area contributed by atoms with E-state index in [2.05, 4.69) is 0 Å². The van der Waals surface area contributed by atoms with Gasteiger partial charge in [0.05, 0.1) is 17.9 Å². The lowest BCUT2D eigenvalue weighted by molar-refractivity contribution is 0.0637. The van der Waals surface area contributed by atoms with Crippen molar-refractivity contribution in [2.24, 2.45) is 0 Å². The van der Waals surface area contributed by atoms with E-state index in [4.69, 9.17) is 0 Å². The monoisotopic (exact) mass is 283 g/mol. The Morgan fingerprint density at radius 3 is 2.47 bits per heavy atom. The molecule has 4 nitrogen and oxygen atoms in total. The highest BCUT2D eigenvalue weighted by atomic mass is 32.2. The highest BCUT2D eigenvalue weighted by Gasteiger charge is 2.33. The molecule has 0 aliphatic heterocycles. The zero-order valence-corrected chi connectivity index (χ0v) is 12.0. The summed E-state index contributed by atoms with van der Waals surface area (Å²) in [5.74, 6) is -0.00639. The second-order valence-electron chi connectivity index (χ2n) is 5.18. The summed E-state index contributed by atoms with van der Waals surface area (Å²) in [4.78, 5) is 0. The molecular weight excluding hydrogens is 262 g/mol. The number of aliphatic hydroxyl groups excluding tert-OH is 1. The molecule has 0 unspecified atom stereocenters. The van der Waals surface area contributed by atoms with Gasteiger partial charge in [-0.25, -0.2) is 8.42 Å². The van der Waals surface area contributed by atoms with Crippen molar-refractivity contribution in [2.75, 3.05) is 7.05 Å². The van der Waals surface area contributed by atoms with E-state index in [-0.39, 0.29) is 11.8 Å². The van der Waals surface area contributed by atoms with Crippen LogP contribution in [0.25, 0.3) is 0 Å². The SMILES string of the molecule is CN([C@H]1CCCC[C@@H]1O)S(=O)(=O)Cc1ccccc1. The lowest BCUT2D eigenvalue weighted by Gasteiger charge is -2.34. The molecule has 1 saturated carbocycles. The van der Waals surface area contributed by atoms with Gasteiger partial charge in [-0.3, -0.25) is 0 Å². The van der Waals surface area contributed by atoms with Gasteiger partial charge in [0, 0.05) is 7.05 Å². The largest absolute Gasteiger partial charge is 0.391 e. The molecule has 2 rings (SSSR count). The molecule has 0 aromatic heterocycles. The van der Waals surface area contributed by atoms with Gasteiger partial charge in [-0.1, -0.05) is 43.2 Å². The van der Waals surface area contributed by atoms with Crippen molar-refractivity contribution in [3.63, 3.8) is 0 Å². The minimum atomic E-state index is -3.37. The van der Waals surface area contributed by atoms with Crippen molar-refractivity contribution in [1.29, 1.82) is 0 Å². The molecule has 5 heteroatoms. The summed E-state index contributed by atoms with van der Waals surface area (Å²) < 4.78 is 26.1. The van der Waals surface area contributed by atoms with Gasteiger partial charge in [0.15, 0.2) is 0 Å². The Labute approximate surface area is 115 Å². The number of sulfonamides is 1. The average molecular weight is 283 g/mol. The number of hydrogen-bond acceptors (Lipinski definition) is 3. The predicted molar refractivity (Wildman–Crippen MR) is 75.1 cm³/mol. The van der Waals surface area contributed by atoms with Crippen LogP contribution >= 0.6 is 0 Å². The lowest BCUT2D eigenvalue weighted by Crippen LogP contribution is -2.46. The molecule has 0 amide bonds. The smallest absolute Gasteiger partial charge is 0.218 e. The van der Waals surface area contributed by atoms with Gasteiger partial charge < -0.3 is 5.11 Å². The molecule has 2 atom stereocenters. The molecule has 0 saturated heterocycles. The Bertz CT molecular complexity index is 501. The quantitative estimate of drug-likeness (QED) is 0.916. The van der Waals surface area contributed by atoms with Gasteiger partial charge in [0.1, 0.15) is 0 Å². The third kappa shape index (κ3) is 3.55. The van der Waals surface area contributed by atoms with Crippen LogP contribution in [0.15, 0.2) is 30.3 Å². The number of benzene rings is 1. The normalized spacial score (nSPS) is 24.6. The van der Waals surface area contributed by atoms with Crippen molar-refractivity contribution in [3.8, 4) is 0 Å². The van der Waals surface area contributed by atoms with E-state index < -0.39 is 16.1 Å². The summed E-state index contributed by atoms with van der Waals surface area (Å²) in [6, 6.07) is 8.87. The van der Waals surface area contributed by atoms with Crippen LogP contribution in [0.2, 0.25) is 0 Å². The number of aliphatic hydroxyl groups is 1. The molecule has 106 valence electrons. The van der Waals surface area contributed by atoms with E-state index in [1.807, 2.05) is 30.3 Å². The molecule has 1 aliphatic rings. The second-order valence-corrected chi connectivity index (χ2v) is 7.21. The third-order valence-electron chi connectivity index (χ3n) is 3.79. The number of nitrogens with zero attached hydrogens (tertiary/aromatic N) is 1. The maximum Gasteiger partial charge on any atom is 0.218 e. The molecular formula is C14H21NO3S. The molecule has 0 heterocycles. The molecule has 1 aromatic rings. The number of likely N-dealkylation sites (N-methyl/N-ethyl adjacent to an activating group) is 1. The highest BCUT2D eigenvalue weighted by Crippen LogP contribution is 2.25. The first-order valence-corrected chi connectivity index (χ1v) is 8.29. The predicted octanol–water partition coefficient (Wildman–Crippen LogP) is 1.75. The topological polar surface area (TPSA) is 57.6 Å². The van der Waals surface area contributed by atoms with Crippen molar-refractivity contribution in [1.82, 2.24) is 4.31 Å². The molecule has 1 fully saturated rings. The van der Waals surface area contributed by atoms with E-state index in [1.54, 1.807) is 7.05 Å². The van der Waals surface area contributed by atoms with Gasteiger partial charge in [-0.15, -0.1) is 0 Å². The Morgan fingerprint density at radius 2 is 1.84 bits per heavy atom. The number of hydrogen-bond donors (Lipinski definition) is 1. The summed E-state index contributed by atoms with van der Waals surface area (Å²) in [6.45, 7) is 0. The first-order chi connectivity index (χ1) is 9.00. The molecule has 19 heavy (non-hydrogen) atoms. The molecule has 0 bridgehead atoms. The minimum Gasteiger partial charge on any atom is -0.391 e. The van der Waals surface area contributed by atoms with Crippen LogP contribution in [0.1, 0.15) is 31.2 Å². The van der Waals surface area contributed by atoms with Crippen LogP contribution in [0.4, 0.5) is 0 Å². The Hall–Kier alpha value is -0.910. The zero-order valence-electron chi connectivity index (χ0n) is 11.2. The van der Waals surface area contributed by atoms with E-state index in [1.165, 1.54) is 4.31 Å². The molecule has 1 aliphatic carbocycles. The first-order valence-electron chi connectivity index (χ1n) is 6.68. The fourth-order valence-electron chi connectivity index (χ4n) is 2.61. The van der Waals surface area contributed by atoms with Crippen LogP contribution < -0.4 is 0 Å². The summed E-state index contributed by atoms with van der Waals surface area (Å²) in [7, 11) is -1.79. The van der Waals surface area contributed by atoms with Crippen LogP contribution in [-0.4, -0.2) is 37.0 Å². The summed E-state index contributed by atoms with van der Waals surface area (Å²) in [6.07, 6.45) is 2.85. The summed E-state index contributed by atoms with van der Waals surface area (Å²) in [5.41, 5.74) is 0.777. The van der Waals surface area contributed by atoms with Gasteiger partial charge >= 0.3 is 0 Å². The Kier molecular flexibility index (Phi) is 4.60. The maximum atomic E-state index is 12.4. The molecule has 1 aromatic carbocycles. The highest BCUT2D eigenvalue weighted by molar-refractivity contribution is 7.88. The van der Waals surface area contributed by atoms with Crippen molar-refractivity contribution in [2.45, 2.75) is 43.6 Å². The van der Waals surface area contributed by atoms with E-state index >= 15 is 0 Å². The standard InChI is InChI=1S/C14H21NO3S/c1-15(13-9-5-6-10-14(13)16)19(17,18)11-12-7-3-2-4-8-12/h2-4,7-8,13-14,16H,5-6,9-11H2,1H3/t13-,14-/m0/s1. The third-order valence-corrected chi connectivity index (χ3v) is 5.64. The minimum absolute atomic E-state index is 0.00639. The molecule has 1 N–H and O–H groups in total. The average Bonchev–Trinajstić information content (AvgIpc) is 2.39. The van der Waals surface area contributed by atoms with Crippen molar-refractivity contribution in [3.05, 3.63) is 35.9 Å². The molecule has 0 spiro atoms. The van der Waals surface area contributed by atoms with Gasteiger partial charge in [0.2, 0.25) is 10.0 Å². The maximum absolute atomic E-state index is 12.4. The van der Waals surface area contributed by atoms with Crippen molar-refractivity contribution < 1.29 is 13.5 Å². The van der Waals surface area contributed by atoms with Gasteiger partial charge in [0.25, 0.3) is 0 Å². The summed E-state index contributed by atoms with van der Waals surface area (Å²) >= 11 is 0. The Balaban J connectivity index is 2.10.